The summed E-state index contributed by atoms with van der Waals surface area (Å²) in [7, 11) is 0. The Morgan fingerprint density at radius 1 is 1.33 bits per heavy atom. The van der Waals surface area contributed by atoms with Gasteiger partial charge < -0.3 is 16.0 Å². The van der Waals surface area contributed by atoms with Crippen molar-refractivity contribution in [2.24, 2.45) is 5.73 Å². The van der Waals surface area contributed by atoms with Crippen LogP contribution in [-0.2, 0) is 4.79 Å². The summed E-state index contributed by atoms with van der Waals surface area (Å²) in [4.78, 5) is 14.9. The molecule has 1 aromatic carbocycles. The number of hydrogen-bond acceptors (Lipinski definition) is 3. The van der Waals surface area contributed by atoms with E-state index >= 15 is 0 Å². The van der Waals surface area contributed by atoms with E-state index in [9.17, 15) is 4.79 Å². The highest BCUT2D eigenvalue weighted by Gasteiger charge is 2.24. The molecule has 1 aromatic rings. The van der Waals surface area contributed by atoms with Crippen LogP contribution in [0.1, 0.15) is 37.7 Å². The van der Waals surface area contributed by atoms with Gasteiger partial charge in [-0.2, -0.15) is 0 Å². The fourth-order valence-electron chi connectivity index (χ4n) is 3.04. The molecule has 0 saturated carbocycles. The van der Waals surface area contributed by atoms with E-state index in [0.29, 0.717) is 12.6 Å². The van der Waals surface area contributed by atoms with E-state index in [1.807, 2.05) is 30.3 Å². The smallest absolute Gasteiger partial charge is 0.227 e. The number of amides is 1. The second-order valence-corrected chi connectivity index (χ2v) is 5.78. The van der Waals surface area contributed by atoms with Crippen LogP contribution in [0.25, 0.3) is 0 Å². The van der Waals surface area contributed by atoms with E-state index in [4.69, 9.17) is 5.73 Å². The first kappa shape index (κ1) is 16.0. The quantitative estimate of drug-likeness (QED) is 0.838. The number of likely N-dealkylation sites (tertiary alicyclic amines) is 1. The lowest BCUT2D eigenvalue weighted by atomic mass is 9.94. The lowest BCUT2D eigenvalue weighted by molar-refractivity contribution is -0.123. The molecular weight excluding hydrogens is 262 g/mol. The molecule has 1 aliphatic heterocycles. The van der Waals surface area contributed by atoms with Crippen LogP contribution in [0, 0.1) is 0 Å². The fourth-order valence-corrected chi connectivity index (χ4v) is 3.04. The summed E-state index contributed by atoms with van der Waals surface area (Å²) in [5.74, 6) is 0.134. The maximum absolute atomic E-state index is 12.5. The van der Waals surface area contributed by atoms with Gasteiger partial charge in [0.1, 0.15) is 0 Å². The lowest BCUT2D eigenvalue weighted by Gasteiger charge is -2.32. The first-order valence-corrected chi connectivity index (χ1v) is 8.02. The molecule has 0 spiro atoms. The molecule has 1 atom stereocenters. The molecule has 0 bridgehead atoms. The van der Waals surface area contributed by atoms with Crippen LogP contribution >= 0.6 is 0 Å². The topological polar surface area (TPSA) is 58.4 Å². The summed E-state index contributed by atoms with van der Waals surface area (Å²) >= 11 is 0. The Bertz CT molecular complexity index is 427. The molecule has 4 heteroatoms. The van der Waals surface area contributed by atoms with E-state index in [1.54, 1.807) is 0 Å². The standard InChI is InChI=1S/C17H27N3O/c1-2-16(14-6-4-3-5-7-14)17(21)19-15-8-11-20(12-9-15)13-10-18/h3-7,15-16H,2,8-13,18H2,1H3,(H,19,21). The Hall–Kier alpha value is -1.39. The molecule has 1 heterocycles. The van der Waals surface area contributed by atoms with E-state index < -0.39 is 0 Å². The van der Waals surface area contributed by atoms with Crippen LogP contribution in [0.3, 0.4) is 0 Å². The molecule has 0 radical (unpaired) electrons. The molecule has 3 N–H and O–H groups in total. The molecule has 116 valence electrons. The number of benzene rings is 1. The summed E-state index contributed by atoms with van der Waals surface area (Å²) in [6.07, 6.45) is 2.88. The van der Waals surface area contributed by atoms with Gasteiger partial charge in [0.2, 0.25) is 5.91 Å². The van der Waals surface area contributed by atoms with Crippen molar-refractivity contribution in [2.45, 2.75) is 38.1 Å². The Morgan fingerprint density at radius 3 is 2.57 bits per heavy atom. The predicted molar refractivity (Wildman–Crippen MR) is 86.1 cm³/mol. The number of hydrogen-bond donors (Lipinski definition) is 2. The lowest BCUT2D eigenvalue weighted by Crippen LogP contribution is -2.46. The van der Waals surface area contributed by atoms with Gasteiger partial charge in [-0.25, -0.2) is 0 Å². The van der Waals surface area contributed by atoms with Gasteiger partial charge in [-0.3, -0.25) is 4.79 Å². The molecule has 1 aliphatic rings. The van der Waals surface area contributed by atoms with Crippen LogP contribution in [0.15, 0.2) is 30.3 Å². The number of nitrogens with one attached hydrogen (secondary N) is 1. The van der Waals surface area contributed by atoms with E-state index in [0.717, 1.165) is 44.5 Å². The zero-order valence-electron chi connectivity index (χ0n) is 12.9. The SMILES string of the molecule is CCC(C(=O)NC1CCN(CCN)CC1)c1ccccc1. The van der Waals surface area contributed by atoms with E-state index in [-0.39, 0.29) is 11.8 Å². The third-order valence-corrected chi connectivity index (χ3v) is 4.31. The van der Waals surface area contributed by atoms with Crippen molar-refractivity contribution in [3.63, 3.8) is 0 Å². The molecular formula is C17H27N3O. The molecule has 2 rings (SSSR count). The zero-order chi connectivity index (χ0) is 15.1. The monoisotopic (exact) mass is 289 g/mol. The molecule has 1 unspecified atom stereocenters. The van der Waals surface area contributed by atoms with Crippen molar-refractivity contribution in [1.29, 1.82) is 0 Å². The molecule has 0 aromatic heterocycles. The maximum atomic E-state index is 12.5. The van der Waals surface area contributed by atoms with Crippen molar-refractivity contribution in [3.05, 3.63) is 35.9 Å². The van der Waals surface area contributed by atoms with Crippen LogP contribution in [-0.4, -0.2) is 43.0 Å². The summed E-state index contributed by atoms with van der Waals surface area (Å²) in [5.41, 5.74) is 6.69. The van der Waals surface area contributed by atoms with Crippen molar-refractivity contribution in [2.75, 3.05) is 26.2 Å². The van der Waals surface area contributed by atoms with Gasteiger partial charge in [0.05, 0.1) is 5.92 Å². The number of carbonyl (C=O) groups is 1. The Kier molecular flexibility index (Phi) is 6.21. The van der Waals surface area contributed by atoms with Gasteiger partial charge in [0.15, 0.2) is 0 Å². The molecule has 0 aliphatic carbocycles. The van der Waals surface area contributed by atoms with Crippen molar-refractivity contribution in [3.8, 4) is 0 Å². The molecule has 4 nitrogen and oxygen atoms in total. The highest BCUT2D eigenvalue weighted by Crippen LogP contribution is 2.20. The first-order valence-electron chi connectivity index (χ1n) is 8.02. The summed E-state index contributed by atoms with van der Waals surface area (Å²) < 4.78 is 0. The Morgan fingerprint density at radius 2 is 2.00 bits per heavy atom. The number of piperidine rings is 1. The van der Waals surface area contributed by atoms with Gasteiger partial charge in [-0.05, 0) is 24.8 Å². The minimum atomic E-state index is -0.0340. The summed E-state index contributed by atoms with van der Waals surface area (Å²) in [6, 6.07) is 10.4. The van der Waals surface area contributed by atoms with Crippen LogP contribution < -0.4 is 11.1 Å². The third-order valence-electron chi connectivity index (χ3n) is 4.31. The number of nitrogens with zero attached hydrogens (tertiary/aromatic N) is 1. The average molecular weight is 289 g/mol. The maximum Gasteiger partial charge on any atom is 0.227 e. The molecule has 1 amide bonds. The van der Waals surface area contributed by atoms with Crippen molar-refractivity contribution >= 4 is 5.91 Å². The highest BCUT2D eigenvalue weighted by atomic mass is 16.1. The Balaban J connectivity index is 1.86. The fraction of sp³-hybridized carbons (Fsp3) is 0.588. The van der Waals surface area contributed by atoms with Gasteiger partial charge in [0.25, 0.3) is 0 Å². The minimum Gasteiger partial charge on any atom is -0.353 e. The summed E-state index contributed by atoms with van der Waals surface area (Å²) in [5, 5.41) is 3.23. The van der Waals surface area contributed by atoms with Crippen LogP contribution in [0.2, 0.25) is 0 Å². The zero-order valence-corrected chi connectivity index (χ0v) is 12.9. The second kappa shape index (κ2) is 8.15. The Labute approximate surface area is 127 Å². The summed E-state index contributed by atoms with van der Waals surface area (Å²) in [6.45, 7) is 5.81. The minimum absolute atomic E-state index is 0.0340. The average Bonchev–Trinajstić information content (AvgIpc) is 2.51. The molecule has 21 heavy (non-hydrogen) atoms. The normalized spacial score (nSPS) is 18.4. The van der Waals surface area contributed by atoms with E-state index in [2.05, 4.69) is 17.1 Å². The third kappa shape index (κ3) is 4.55. The first-order chi connectivity index (χ1) is 10.2. The second-order valence-electron chi connectivity index (χ2n) is 5.78. The number of carbonyl (C=O) groups excluding carboxylic acids is 1. The highest BCUT2D eigenvalue weighted by molar-refractivity contribution is 5.83. The van der Waals surface area contributed by atoms with Crippen molar-refractivity contribution < 1.29 is 4.79 Å². The van der Waals surface area contributed by atoms with Crippen LogP contribution in [0.4, 0.5) is 0 Å². The van der Waals surface area contributed by atoms with Gasteiger partial charge >= 0.3 is 0 Å². The van der Waals surface area contributed by atoms with E-state index in [1.165, 1.54) is 0 Å². The van der Waals surface area contributed by atoms with Crippen molar-refractivity contribution in [1.82, 2.24) is 10.2 Å². The number of rotatable bonds is 6. The predicted octanol–water partition coefficient (Wildman–Crippen LogP) is 1.72. The largest absolute Gasteiger partial charge is 0.353 e. The van der Waals surface area contributed by atoms with Gasteiger partial charge in [0, 0.05) is 32.2 Å². The molecule has 1 saturated heterocycles. The van der Waals surface area contributed by atoms with Gasteiger partial charge in [-0.15, -0.1) is 0 Å². The number of nitrogens with two attached hydrogens (primary N) is 1. The van der Waals surface area contributed by atoms with Crippen LogP contribution in [0.5, 0.6) is 0 Å². The van der Waals surface area contributed by atoms with Gasteiger partial charge in [-0.1, -0.05) is 37.3 Å². The molecule has 1 fully saturated rings.